The minimum atomic E-state index is 0.266. The van der Waals surface area contributed by atoms with E-state index in [1.807, 2.05) is 19.9 Å². The summed E-state index contributed by atoms with van der Waals surface area (Å²) in [5.41, 5.74) is 2.18. The van der Waals surface area contributed by atoms with Gasteiger partial charge >= 0.3 is 0 Å². The number of H-pyrrole nitrogens is 1. The Labute approximate surface area is 92.6 Å². The van der Waals surface area contributed by atoms with Crippen LogP contribution in [0.2, 0.25) is 0 Å². The van der Waals surface area contributed by atoms with Crippen LogP contribution in [0.5, 0.6) is 0 Å². The molecule has 1 aromatic heterocycles. The highest BCUT2D eigenvalue weighted by Gasteiger charge is 1.88. The second-order valence-electron chi connectivity index (χ2n) is 2.34. The summed E-state index contributed by atoms with van der Waals surface area (Å²) in [5, 5.41) is 16.4. The fourth-order valence-electron chi connectivity index (χ4n) is 0.633. The molecule has 0 spiro atoms. The van der Waals surface area contributed by atoms with Gasteiger partial charge < -0.3 is 4.74 Å². The Hall–Kier alpha value is -1.06. The quantitative estimate of drug-likeness (QED) is 0.545. The van der Waals surface area contributed by atoms with E-state index >= 15 is 0 Å². The zero-order chi connectivity index (χ0) is 11.0. The van der Waals surface area contributed by atoms with Crippen molar-refractivity contribution in [2.24, 2.45) is 0 Å². The van der Waals surface area contributed by atoms with Crippen LogP contribution >= 0.6 is 24.0 Å². The lowest BCUT2D eigenvalue weighted by atomic mass is 10.4. The summed E-state index contributed by atoms with van der Waals surface area (Å²) in [7, 11) is 1.44. The van der Waals surface area contributed by atoms with Gasteiger partial charge in [0.1, 0.15) is 5.40 Å². The number of aryl methyl sites for hydroxylation is 2. The SMILES string of the molecule is COC(=S)SC#N.Cc1cc(C)[nH]n1. The van der Waals surface area contributed by atoms with Crippen LogP contribution in [0, 0.1) is 24.5 Å². The molecule has 0 aliphatic carbocycles. The van der Waals surface area contributed by atoms with Crippen LogP contribution in [0.25, 0.3) is 0 Å². The molecule has 0 fully saturated rings. The molecule has 1 heterocycles. The first-order chi connectivity index (χ1) is 6.60. The van der Waals surface area contributed by atoms with Crippen molar-refractivity contribution in [1.29, 1.82) is 5.26 Å². The van der Waals surface area contributed by atoms with Crippen molar-refractivity contribution < 1.29 is 4.74 Å². The van der Waals surface area contributed by atoms with Crippen LogP contribution in [0.3, 0.4) is 0 Å². The summed E-state index contributed by atoms with van der Waals surface area (Å²) in [6.45, 7) is 3.95. The number of methoxy groups -OCH3 is 1. The molecule has 0 saturated heterocycles. The fourth-order valence-corrected chi connectivity index (χ4v) is 0.903. The number of aromatic amines is 1. The van der Waals surface area contributed by atoms with Gasteiger partial charge in [0.15, 0.2) is 0 Å². The molecule has 0 aliphatic heterocycles. The van der Waals surface area contributed by atoms with E-state index in [1.165, 1.54) is 7.11 Å². The number of hydrogen-bond donors (Lipinski definition) is 1. The molecule has 6 heteroatoms. The highest BCUT2D eigenvalue weighted by molar-refractivity contribution is 8.25. The lowest BCUT2D eigenvalue weighted by molar-refractivity contribution is 0.426. The Morgan fingerprint density at radius 2 is 2.36 bits per heavy atom. The molecule has 14 heavy (non-hydrogen) atoms. The Kier molecular flexibility index (Phi) is 6.80. The molecule has 0 atom stereocenters. The number of nitriles is 1. The molecule has 1 aromatic rings. The number of aromatic nitrogens is 2. The average molecular weight is 229 g/mol. The first-order valence-electron chi connectivity index (χ1n) is 3.72. The van der Waals surface area contributed by atoms with E-state index in [4.69, 9.17) is 5.26 Å². The summed E-state index contributed by atoms with van der Waals surface area (Å²) >= 11 is 5.32. The van der Waals surface area contributed by atoms with E-state index in [-0.39, 0.29) is 4.38 Å². The van der Waals surface area contributed by atoms with Crippen molar-refractivity contribution in [3.8, 4) is 5.40 Å². The zero-order valence-corrected chi connectivity index (χ0v) is 9.83. The van der Waals surface area contributed by atoms with Crippen molar-refractivity contribution in [2.45, 2.75) is 13.8 Å². The Morgan fingerprint density at radius 3 is 2.50 bits per heavy atom. The predicted molar refractivity (Wildman–Crippen MR) is 60.9 cm³/mol. The minimum absolute atomic E-state index is 0.266. The highest BCUT2D eigenvalue weighted by Crippen LogP contribution is 1.99. The van der Waals surface area contributed by atoms with Crippen LogP contribution in [-0.4, -0.2) is 21.7 Å². The van der Waals surface area contributed by atoms with Gasteiger partial charge in [0, 0.05) is 17.5 Å². The maximum absolute atomic E-state index is 7.91. The molecule has 76 valence electrons. The smallest absolute Gasteiger partial charge is 0.234 e. The molecule has 0 saturated carbocycles. The normalized spacial score (nSPS) is 8.14. The molecule has 1 rings (SSSR count). The number of rotatable bonds is 0. The number of thiocyanates is 1. The average Bonchev–Trinajstić information content (AvgIpc) is 2.51. The molecule has 0 bridgehead atoms. The lowest BCUT2D eigenvalue weighted by Crippen LogP contribution is -1.85. The summed E-state index contributed by atoms with van der Waals surface area (Å²) < 4.78 is 4.73. The molecule has 0 radical (unpaired) electrons. The van der Waals surface area contributed by atoms with Crippen molar-refractivity contribution in [1.82, 2.24) is 10.2 Å². The second kappa shape index (κ2) is 7.35. The van der Waals surface area contributed by atoms with Crippen molar-refractivity contribution in [3.63, 3.8) is 0 Å². The van der Waals surface area contributed by atoms with Gasteiger partial charge in [0.25, 0.3) is 0 Å². The summed E-state index contributed by atoms with van der Waals surface area (Å²) in [5.74, 6) is 0. The number of thioether (sulfide) groups is 1. The number of nitrogens with zero attached hydrogens (tertiary/aromatic N) is 2. The van der Waals surface area contributed by atoms with Gasteiger partial charge in [-0.15, -0.1) is 0 Å². The molecule has 0 unspecified atom stereocenters. The van der Waals surface area contributed by atoms with Crippen LogP contribution in [0.4, 0.5) is 0 Å². The maximum Gasteiger partial charge on any atom is 0.234 e. The van der Waals surface area contributed by atoms with Crippen LogP contribution in [0.15, 0.2) is 6.07 Å². The van der Waals surface area contributed by atoms with E-state index in [2.05, 4.69) is 27.2 Å². The molecule has 0 amide bonds. The summed E-state index contributed by atoms with van der Waals surface area (Å²) in [4.78, 5) is 0. The van der Waals surface area contributed by atoms with E-state index < -0.39 is 0 Å². The molecular weight excluding hydrogens is 218 g/mol. The highest BCUT2D eigenvalue weighted by atomic mass is 32.2. The van der Waals surface area contributed by atoms with Gasteiger partial charge in [-0.2, -0.15) is 10.4 Å². The summed E-state index contributed by atoms with van der Waals surface area (Å²) in [6.07, 6.45) is 0. The lowest BCUT2D eigenvalue weighted by Gasteiger charge is -1.88. The third kappa shape index (κ3) is 6.46. The molecular formula is C8H11N3OS2. The zero-order valence-electron chi connectivity index (χ0n) is 8.20. The molecule has 0 aromatic carbocycles. The molecule has 4 nitrogen and oxygen atoms in total. The Balaban J connectivity index is 0.000000241. The third-order valence-corrected chi connectivity index (χ3v) is 1.97. The third-order valence-electron chi connectivity index (χ3n) is 1.13. The second-order valence-corrected chi connectivity index (χ2v) is 3.73. The van der Waals surface area contributed by atoms with Gasteiger partial charge in [-0.3, -0.25) is 5.10 Å². The number of hydrogen-bond acceptors (Lipinski definition) is 5. The van der Waals surface area contributed by atoms with Crippen molar-refractivity contribution in [3.05, 3.63) is 17.5 Å². The van der Waals surface area contributed by atoms with E-state index in [0.29, 0.717) is 0 Å². The van der Waals surface area contributed by atoms with Gasteiger partial charge in [-0.25, -0.2) is 0 Å². The number of ether oxygens (including phenoxy) is 1. The molecule has 0 aliphatic rings. The fraction of sp³-hybridized carbons (Fsp3) is 0.375. The van der Waals surface area contributed by atoms with Crippen LogP contribution in [-0.2, 0) is 4.74 Å². The summed E-state index contributed by atoms with van der Waals surface area (Å²) in [6, 6.07) is 2.00. The van der Waals surface area contributed by atoms with Crippen LogP contribution < -0.4 is 0 Å². The minimum Gasteiger partial charge on any atom is -0.481 e. The Morgan fingerprint density at radius 1 is 1.71 bits per heavy atom. The monoisotopic (exact) mass is 229 g/mol. The van der Waals surface area contributed by atoms with Crippen molar-refractivity contribution >= 4 is 28.4 Å². The van der Waals surface area contributed by atoms with E-state index in [0.717, 1.165) is 23.1 Å². The van der Waals surface area contributed by atoms with E-state index in [9.17, 15) is 0 Å². The van der Waals surface area contributed by atoms with E-state index in [1.54, 1.807) is 5.40 Å². The standard InChI is InChI=1S/C5H8N2.C3H3NOS2/c1-4-3-5(2)7-6-4;1-5-3(6)7-2-4/h3H,1-2H3,(H,6,7);1H3. The number of thiocarbonyl (C=S) groups is 1. The van der Waals surface area contributed by atoms with Gasteiger partial charge in [-0.1, -0.05) is 0 Å². The predicted octanol–water partition coefficient (Wildman–Crippen LogP) is 2.16. The van der Waals surface area contributed by atoms with Crippen molar-refractivity contribution in [2.75, 3.05) is 7.11 Å². The first kappa shape index (κ1) is 12.9. The van der Waals surface area contributed by atoms with Gasteiger partial charge in [-0.05, 0) is 32.1 Å². The largest absolute Gasteiger partial charge is 0.481 e. The van der Waals surface area contributed by atoms with Crippen LogP contribution in [0.1, 0.15) is 11.4 Å². The van der Waals surface area contributed by atoms with Gasteiger partial charge in [0.05, 0.1) is 12.8 Å². The number of nitrogens with one attached hydrogen (secondary N) is 1. The first-order valence-corrected chi connectivity index (χ1v) is 4.95. The maximum atomic E-state index is 7.91. The van der Waals surface area contributed by atoms with Gasteiger partial charge in [0.2, 0.25) is 4.38 Å². The molecule has 1 N–H and O–H groups in total. The topological polar surface area (TPSA) is 61.7 Å². The Bertz CT molecular complexity index is 313.